The van der Waals surface area contributed by atoms with Gasteiger partial charge in [-0.2, -0.15) is 0 Å². The van der Waals surface area contributed by atoms with Gasteiger partial charge in [-0.25, -0.2) is 14.2 Å². The summed E-state index contributed by atoms with van der Waals surface area (Å²) in [5, 5.41) is 17.5. The van der Waals surface area contributed by atoms with Crippen LogP contribution in [0.4, 0.5) is 4.39 Å². The van der Waals surface area contributed by atoms with Gasteiger partial charge in [-0.15, -0.1) is 5.10 Å². The van der Waals surface area contributed by atoms with Crippen molar-refractivity contribution in [3.8, 4) is 17.1 Å². The first kappa shape index (κ1) is 22.6. The van der Waals surface area contributed by atoms with E-state index in [2.05, 4.69) is 15.2 Å². The van der Waals surface area contributed by atoms with E-state index in [9.17, 15) is 14.3 Å². The number of hydrogen-bond acceptors (Lipinski definition) is 5. The number of nitrogens with zero attached hydrogens (tertiary/aromatic N) is 2. The number of benzene rings is 3. The Kier molecular flexibility index (Phi) is 7.07. The fourth-order valence-electron chi connectivity index (χ4n) is 2.88. The molecule has 1 aromatic heterocycles. The molecule has 0 radical (unpaired) electrons. The SMILES string of the molecule is O=C(O)/C(=C/c1ccccc1OCc1ccc(F)cc1)Sc1n[nH]c(-c2ccc(Cl)cc2)n1. The minimum Gasteiger partial charge on any atom is -0.488 e. The fraction of sp³-hybridized carbons (Fsp3) is 0.0417. The Morgan fingerprint density at radius 3 is 2.55 bits per heavy atom. The van der Waals surface area contributed by atoms with Crippen molar-refractivity contribution in [2.24, 2.45) is 0 Å². The van der Waals surface area contributed by atoms with Crippen molar-refractivity contribution in [2.45, 2.75) is 11.8 Å². The molecule has 4 aromatic rings. The lowest BCUT2D eigenvalue weighted by Gasteiger charge is -2.10. The van der Waals surface area contributed by atoms with E-state index < -0.39 is 5.97 Å². The van der Waals surface area contributed by atoms with E-state index in [-0.39, 0.29) is 22.5 Å². The normalized spacial score (nSPS) is 11.4. The van der Waals surface area contributed by atoms with Crippen molar-refractivity contribution in [2.75, 3.05) is 0 Å². The zero-order chi connectivity index (χ0) is 23.2. The topological polar surface area (TPSA) is 88.1 Å². The van der Waals surface area contributed by atoms with Crippen molar-refractivity contribution in [3.63, 3.8) is 0 Å². The summed E-state index contributed by atoms with van der Waals surface area (Å²) >= 11 is 6.83. The van der Waals surface area contributed by atoms with Crippen LogP contribution in [0.1, 0.15) is 11.1 Å². The highest BCUT2D eigenvalue weighted by molar-refractivity contribution is 8.04. The number of para-hydroxylation sites is 1. The van der Waals surface area contributed by atoms with Crippen LogP contribution in [0.15, 0.2) is 82.9 Å². The molecular weight excluding hydrogens is 465 g/mol. The molecule has 0 saturated heterocycles. The zero-order valence-corrected chi connectivity index (χ0v) is 18.6. The molecule has 1 heterocycles. The summed E-state index contributed by atoms with van der Waals surface area (Å²) in [6, 6.07) is 20.1. The minimum atomic E-state index is -1.12. The Morgan fingerprint density at radius 1 is 1.09 bits per heavy atom. The van der Waals surface area contributed by atoms with Gasteiger partial charge in [0.25, 0.3) is 0 Å². The monoisotopic (exact) mass is 481 g/mol. The lowest BCUT2D eigenvalue weighted by molar-refractivity contribution is -0.131. The Balaban J connectivity index is 1.53. The summed E-state index contributed by atoms with van der Waals surface area (Å²) < 4.78 is 18.9. The lowest BCUT2D eigenvalue weighted by atomic mass is 10.2. The number of H-pyrrole nitrogens is 1. The number of thioether (sulfide) groups is 1. The summed E-state index contributed by atoms with van der Waals surface area (Å²) in [6.45, 7) is 0.214. The smallest absolute Gasteiger partial charge is 0.342 e. The highest BCUT2D eigenvalue weighted by atomic mass is 35.5. The van der Waals surface area contributed by atoms with Crippen molar-refractivity contribution in [1.29, 1.82) is 0 Å². The van der Waals surface area contributed by atoms with E-state index in [0.29, 0.717) is 22.2 Å². The first-order valence-electron chi connectivity index (χ1n) is 9.75. The molecule has 0 amide bonds. The van der Waals surface area contributed by atoms with Crippen LogP contribution in [0.5, 0.6) is 5.75 Å². The number of aliphatic carboxylic acids is 1. The highest BCUT2D eigenvalue weighted by Crippen LogP contribution is 2.30. The average molecular weight is 482 g/mol. The molecule has 0 aliphatic carbocycles. The van der Waals surface area contributed by atoms with Gasteiger partial charge in [-0.3, -0.25) is 5.10 Å². The van der Waals surface area contributed by atoms with Gasteiger partial charge in [0.2, 0.25) is 5.16 Å². The van der Waals surface area contributed by atoms with Crippen LogP contribution >= 0.6 is 23.4 Å². The Labute approximate surface area is 198 Å². The third-order valence-corrected chi connectivity index (χ3v) is 5.64. The quantitative estimate of drug-likeness (QED) is 0.235. The van der Waals surface area contributed by atoms with Gasteiger partial charge in [-0.1, -0.05) is 41.9 Å². The number of aromatic nitrogens is 3. The highest BCUT2D eigenvalue weighted by Gasteiger charge is 2.15. The van der Waals surface area contributed by atoms with Crippen LogP contribution in [0, 0.1) is 5.82 Å². The van der Waals surface area contributed by atoms with Crippen LogP contribution in [-0.2, 0) is 11.4 Å². The fourth-order valence-corrected chi connectivity index (χ4v) is 3.70. The number of carbonyl (C=O) groups is 1. The average Bonchev–Trinajstić information content (AvgIpc) is 3.28. The minimum absolute atomic E-state index is 0.0227. The molecule has 9 heteroatoms. The van der Waals surface area contributed by atoms with Crippen LogP contribution in [0.3, 0.4) is 0 Å². The maximum absolute atomic E-state index is 13.1. The van der Waals surface area contributed by atoms with Gasteiger partial charge in [-0.05, 0) is 65.9 Å². The molecule has 0 aliphatic heterocycles. The summed E-state index contributed by atoms with van der Waals surface area (Å²) in [5.41, 5.74) is 2.15. The van der Waals surface area contributed by atoms with E-state index >= 15 is 0 Å². The van der Waals surface area contributed by atoms with Crippen molar-refractivity contribution < 1.29 is 19.0 Å². The largest absolute Gasteiger partial charge is 0.488 e. The molecule has 6 nitrogen and oxygen atoms in total. The van der Waals surface area contributed by atoms with E-state index in [1.54, 1.807) is 60.7 Å². The molecule has 0 aliphatic rings. The molecule has 0 fully saturated rings. The number of rotatable bonds is 8. The van der Waals surface area contributed by atoms with Gasteiger partial charge in [0.05, 0.1) is 0 Å². The van der Waals surface area contributed by atoms with Crippen LogP contribution in [0.2, 0.25) is 5.02 Å². The summed E-state index contributed by atoms with van der Waals surface area (Å²) in [4.78, 5) is 16.3. The second-order valence-electron chi connectivity index (χ2n) is 6.84. The predicted octanol–water partition coefficient (Wildman–Crippen LogP) is 6.06. The molecule has 166 valence electrons. The van der Waals surface area contributed by atoms with Crippen molar-refractivity contribution in [3.05, 3.63) is 99.7 Å². The molecule has 33 heavy (non-hydrogen) atoms. The first-order chi connectivity index (χ1) is 16.0. The molecule has 0 bridgehead atoms. The number of hydrogen-bond donors (Lipinski definition) is 2. The molecule has 3 aromatic carbocycles. The number of ether oxygens (including phenoxy) is 1. The van der Waals surface area contributed by atoms with Crippen LogP contribution in [-0.4, -0.2) is 26.3 Å². The number of carboxylic acids is 1. The van der Waals surface area contributed by atoms with Crippen LogP contribution in [0.25, 0.3) is 17.5 Å². The summed E-state index contributed by atoms with van der Waals surface area (Å²) in [7, 11) is 0. The maximum Gasteiger partial charge on any atom is 0.342 e. The number of nitrogens with one attached hydrogen (secondary N) is 1. The molecule has 0 saturated carbocycles. The molecular formula is C24H17ClFN3O3S. The van der Waals surface area contributed by atoms with Gasteiger partial charge >= 0.3 is 5.97 Å². The van der Waals surface area contributed by atoms with Gasteiger partial charge in [0.15, 0.2) is 5.82 Å². The van der Waals surface area contributed by atoms with Gasteiger partial charge in [0, 0.05) is 16.1 Å². The number of aromatic amines is 1. The Morgan fingerprint density at radius 2 is 1.82 bits per heavy atom. The third kappa shape index (κ3) is 6.00. The van der Waals surface area contributed by atoms with Crippen molar-refractivity contribution >= 4 is 35.4 Å². The van der Waals surface area contributed by atoms with Gasteiger partial charge in [0.1, 0.15) is 23.1 Å². The first-order valence-corrected chi connectivity index (χ1v) is 10.9. The van der Waals surface area contributed by atoms with E-state index in [1.807, 2.05) is 0 Å². The predicted molar refractivity (Wildman–Crippen MR) is 125 cm³/mol. The second kappa shape index (κ2) is 10.3. The van der Waals surface area contributed by atoms with Crippen molar-refractivity contribution in [1.82, 2.24) is 15.2 Å². The van der Waals surface area contributed by atoms with E-state index in [4.69, 9.17) is 16.3 Å². The molecule has 2 N–H and O–H groups in total. The lowest BCUT2D eigenvalue weighted by Crippen LogP contribution is -2.00. The zero-order valence-electron chi connectivity index (χ0n) is 17.0. The van der Waals surface area contributed by atoms with Crippen LogP contribution < -0.4 is 4.74 Å². The maximum atomic E-state index is 13.1. The molecule has 0 spiro atoms. The molecule has 0 atom stereocenters. The standard InChI is InChI=1S/C24H17ClFN3O3S/c25-18-9-7-16(8-10-18)22-27-24(29-28-22)33-21(23(30)31)13-17-3-1-2-4-20(17)32-14-15-5-11-19(26)12-6-15/h1-13H,14H2,(H,30,31)(H,27,28,29)/b21-13-. The number of halogens is 2. The van der Waals surface area contributed by atoms with E-state index in [0.717, 1.165) is 22.9 Å². The number of carboxylic acid groups (broad SMARTS) is 1. The summed E-state index contributed by atoms with van der Waals surface area (Å²) in [6.07, 6.45) is 1.51. The third-order valence-electron chi connectivity index (χ3n) is 4.51. The second-order valence-corrected chi connectivity index (χ2v) is 8.29. The Hall–Kier alpha value is -3.62. The van der Waals surface area contributed by atoms with Gasteiger partial charge < -0.3 is 9.84 Å². The summed E-state index contributed by atoms with van der Waals surface area (Å²) in [5.74, 6) is -0.442. The van der Waals surface area contributed by atoms with E-state index in [1.165, 1.54) is 18.2 Å². The Bertz CT molecular complexity index is 1290. The molecule has 4 rings (SSSR count). The molecule has 0 unspecified atom stereocenters.